The van der Waals surface area contributed by atoms with E-state index >= 15 is 0 Å². The zero-order chi connectivity index (χ0) is 24.4. The van der Waals surface area contributed by atoms with Crippen molar-refractivity contribution in [3.8, 4) is 0 Å². The fourth-order valence-corrected chi connectivity index (χ4v) is 3.27. The van der Waals surface area contributed by atoms with Gasteiger partial charge in [0.15, 0.2) is 0 Å². The molecule has 0 bridgehead atoms. The minimum absolute atomic E-state index is 0.103. The van der Waals surface area contributed by atoms with Crippen LogP contribution in [0.2, 0.25) is 0 Å². The first-order chi connectivity index (χ1) is 16.2. The van der Waals surface area contributed by atoms with Gasteiger partial charge in [0.25, 0.3) is 0 Å². The lowest BCUT2D eigenvalue weighted by atomic mass is 10.0. The summed E-state index contributed by atoms with van der Waals surface area (Å²) in [6.07, 6.45) is 32.9. The maximum atomic E-state index is 12.1. The normalized spacial score (nSPS) is 14.4. The molecule has 0 rings (SSSR count). The average Bonchev–Trinajstić information content (AvgIpc) is 2.82. The largest absolute Gasteiger partial charge is 0.394 e. The van der Waals surface area contributed by atoms with Gasteiger partial charge in [-0.15, -0.1) is 0 Å². The van der Waals surface area contributed by atoms with Crippen LogP contribution in [0.25, 0.3) is 0 Å². The van der Waals surface area contributed by atoms with Gasteiger partial charge in [0, 0.05) is 6.42 Å². The summed E-state index contributed by atoms with van der Waals surface area (Å²) in [6, 6.07) is -0.562. The number of aliphatic hydroxyl groups excluding tert-OH is 2. The molecule has 188 valence electrons. The van der Waals surface area contributed by atoms with E-state index in [2.05, 4.69) is 79.9 Å². The first kappa shape index (κ1) is 31.1. The SMILES string of the molecule is CC/C=C\C/C=C\C/C=C\C/C=C\C/C=C\CCCC(=O)NC(CO)C(O)CCCCCC. The predicted octanol–water partition coefficient (Wildman–Crippen LogP) is 6.72. The second kappa shape index (κ2) is 24.7. The maximum Gasteiger partial charge on any atom is 0.220 e. The van der Waals surface area contributed by atoms with Crippen molar-refractivity contribution in [2.45, 2.75) is 109 Å². The Bertz CT molecular complexity index is 590. The Balaban J connectivity index is 3.79. The molecule has 0 saturated carbocycles. The van der Waals surface area contributed by atoms with Crippen LogP contribution in [0.4, 0.5) is 0 Å². The number of rotatable bonds is 21. The Hall–Kier alpha value is -1.91. The minimum atomic E-state index is -0.679. The van der Waals surface area contributed by atoms with Gasteiger partial charge in [0.1, 0.15) is 0 Å². The standard InChI is InChI=1S/C29H49NO3/c1-3-5-7-9-10-11-12-13-14-15-16-17-18-19-20-21-23-25-29(33)30-27(26-31)28(32)24-22-8-6-4-2/h5,7,10-11,13-14,16-17,19-20,27-28,31-32H,3-4,6,8-9,12,15,18,21-26H2,1-2H3,(H,30,33)/b7-5-,11-10-,14-13-,17-16-,20-19-. The summed E-state index contributed by atoms with van der Waals surface area (Å²) >= 11 is 0. The number of allylic oxidation sites excluding steroid dienone is 10. The molecule has 0 aromatic carbocycles. The lowest BCUT2D eigenvalue weighted by molar-refractivity contribution is -0.123. The molecule has 0 fully saturated rings. The average molecular weight is 460 g/mol. The van der Waals surface area contributed by atoms with E-state index < -0.39 is 12.1 Å². The molecule has 0 aliphatic rings. The number of hydrogen-bond donors (Lipinski definition) is 3. The topological polar surface area (TPSA) is 69.6 Å². The summed E-state index contributed by atoms with van der Waals surface area (Å²) in [5.41, 5.74) is 0. The summed E-state index contributed by atoms with van der Waals surface area (Å²) in [5, 5.41) is 22.4. The Labute approximate surface area is 203 Å². The van der Waals surface area contributed by atoms with Gasteiger partial charge in [-0.2, -0.15) is 0 Å². The summed E-state index contributed by atoms with van der Waals surface area (Å²) in [7, 11) is 0. The number of carbonyl (C=O) groups excluding carboxylic acids is 1. The smallest absolute Gasteiger partial charge is 0.220 e. The zero-order valence-electron chi connectivity index (χ0n) is 21.1. The number of hydrogen-bond acceptors (Lipinski definition) is 3. The highest BCUT2D eigenvalue weighted by molar-refractivity contribution is 5.76. The first-order valence-electron chi connectivity index (χ1n) is 13.0. The second-order valence-electron chi connectivity index (χ2n) is 8.37. The molecule has 0 aromatic heterocycles. The van der Waals surface area contributed by atoms with Gasteiger partial charge < -0.3 is 15.5 Å². The molecule has 0 saturated heterocycles. The van der Waals surface area contributed by atoms with Crippen LogP contribution in [0.3, 0.4) is 0 Å². The highest BCUT2D eigenvalue weighted by Crippen LogP contribution is 2.09. The Morgan fingerprint density at radius 2 is 1.30 bits per heavy atom. The molecule has 0 aliphatic carbocycles. The fraction of sp³-hybridized carbons (Fsp3) is 0.621. The second-order valence-corrected chi connectivity index (χ2v) is 8.37. The van der Waals surface area contributed by atoms with Gasteiger partial charge in [-0.3, -0.25) is 4.79 Å². The van der Waals surface area contributed by atoms with E-state index in [1.807, 2.05) is 0 Å². The van der Waals surface area contributed by atoms with E-state index in [-0.39, 0.29) is 12.5 Å². The highest BCUT2D eigenvalue weighted by atomic mass is 16.3. The van der Waals surface area contributed by atoms with Crippen LogP contribution < -0.4 is 5.32 Å². The number of carbonyl (C=O) groups is 1. The van der Waals surface area contributed by atoms with E-state index in [9.17, 15) is 15.0 Å². The Morgan fingerprint density at radius 1 is 0.758 bits per heavy atom. The van der Waals surface area contributed by atoms with Crippen molar-refractivity contribution in [2.75, 3.05) is 6.61 Å². The van der Waals surface area contributed by atoms with Gasteiger partial charge in [0.2, 0.25) is 5.91 Å². The molecule has 0 aromatic rings. The molecule has 1 amide bonds. The maximum absolute atomic E-state index is 12.1. The van der Waals surface area contributed by atoms with Crippen molar-refractivity contribution < 1.29 is 15.0 Å². The third kappa shape index (κ3) is 21.7. The third-order valence-corrected chi connectivity index (χ3v) is 5.29. The van der Waals surface area contributed by atoms with Crippen molar-refractivity contribution in [3.63, 3.8) is 0 Å². The summed E-state index contributed by atoms with van der Waals surface area (Å²) in [5.74, 6) is -0.103. The van der Waals surface area contributed by atoms with Crippen LogP contribution in [0, 0.1) is 0 Å². The van der Waals surface area contributed by atoms with E-state index in [0.717, 1.165) is 70.6 Å². The van der Waals surface area contributed by atoms with Crippen molar-refractivity contribution in [1.82, 2.24) is 5.32 Å². The van der Waals surface area contributed by atoms with E-state index in [0.29, 0.717) is 12.8 Å². The van der Waals surface area contributed by atoms with E-state index in [4.69, 9.17) is 0 Å². The molecule has 4 heteroatoms. The van der Waals surface area contributed by atoms with E-state index in [1.165, 1.54) is 0 Å². The third-order valence-electron chi connectivity index (χ3n) is 5.29. The first-order valence-corrected chi connectivity index (χ1v) is 13.0. The van der Waals surface area contributed by atoms with Crippen LogP contribution in [0.5, 0.6) is 0 Å². The molecule has 2 unspecified atom stereocenters. The van der Waals surface area contributed by atoms with Crippen molar-refractivity contribution in [3.05, 3.63) is 60.8 Å². The molecule has 2 atom stereocenters. The van der Waals surface area contributed by atoms with Crippen LogP contribution >= 0.6 is 0 Å². The minimum Gasteiger partial charge on any atom is -0.394 e. The summed E-state index contributed by atoms with van der Waals surface area (Å²) in [6.45, 7) is 4.06. The van der Waals surface area contributed by atoms with Gasteiger partial charge in [-0.25, -0.2) is 0 Å². The molecule has 0 aliphatic heterocycles. The molecule has 0 heterocycles. The Kier molecular flexibility index (Phi) is 23.3. The Morgan fingerprint density at radius 3 is 1.82 bits per heavy atom. The van der Waals surface area contributed by atoms with Crippen molar-refractivity contribution in [2.24, 2.45) is 0 Å². The number of amides is 1. The van der Waals surface area contributed by atoms with E-state index in [1.54, 1.807) is 0 Å². The molecule has 4 nitrogen and oxygen atoms in total. The molecule has 3 N–H and O–H groups in total. The van der Waals surface area contributed by atoms with Crippen molar-refractivity contribution >= 4 is 5.91 Å². The van der Waals surface area contributed by atoms with Crippen LogP contribution in [-0.2, 0) is 4.79 Å². The lowest BCUT2D eigenvalue weighted by Crippen LogP contribution is -2.45. The summed E-state index contributed by atoms with van der Waals surface area (Å²) < 4.78 is 0. The molecule has 0 spiro atoms. The number of unbranched alkanes of at least 4 members (excludes halogenated alkanes) is 4. The summed E-state index contributed by atoms with van der Waals surface area (Å²) in [4.78, 5) is 12.1. The molecule has 0 radical (unpaired) electrons. The predicted molar refractivity (Wildman–Crippen MR) is 142 cm³/mol. The molecular formula is C29H49NO3. The highest BCUT2D eigenvalue weighted by Gasteiger charge is 2.19. The zero-order valence-corrected chi connectivity index (χ0v) is 21.1. The molecular weight excluding hydrogens is 410 g/mol. The van der Waals surface area contributed by atoms with Gasteiger partial charge in [-0.05, 0) is 51.4 Å². The number of nitrogens with one attached hydrogen (secondary N) is 1. The molecule has 33 heavy (non-hydrogen) atoms. The van der Waals surface area contributed by atoms with Gasteiger partial charge in [-0.1, -0.05) is 100 Å². The van der Waals surface area contributed by atoms with Crippen LogP contribution in [-0.4, -0.2) is 34.9 Å². The van der Waals surface area contributed by atoms with Crippen LogP contribution in [0.15, 0.2) is 60.8 Å². The quantitative estimate of drug-likeness (QED) is 0.132. The van der Waals surface area contributed by atoms with Gasteiger partial charge in [0.05, 0.1) is 18.8 Å². The fourth-order valence-electron chi connectivity index (χ4n) is 3.27. The monoisotopic (exact) mass is 459 g/mol. The number of aliphatic hydroxyl groups is 2. The van der Waals surface area contributed by atoms with Crippen molar-refractivity contribution in [1.29, 1.82) is 0 Å². The lowest BCUT2D eigenvalue weighted by Gasteiger charge is -2.22. The van der Waals surface area contributed by atoms with Crippen LogP contribution in [0.1, 0.15) is 97.3 Å². The van der Waals surface area contributed by atoms with Gasteiger partial charge >= 0.3 is 0 Å².